The minimum atomic E-state index is -0.801. The van der Waals surface area contributed by atoms with Gasteiger partial charge >= 0.3 is 12.0 Å². The SMILES string of the molecule is CCO[C@@H]1CCCC[C@H]1NC(=O)NC1CC(N(CC)CC(=O)O)C1. The molecule has 0 aromatic rings. The summed E-state index contributed by atoms with van der Waals surface area (Å²) in [6, 6.07) is 0.347. The topological polar surface area (TPSA) is 90.9 Å². The molecule has 0 unspecified atom stereocenters. The van der Waals surface area contributed by atoms with Crippen LogP contribution in [-0.4, -0.2) is 65.9 Å². The van der Waals surface area contributed by atoms with Crippen LogP contribution in [0, 0.1) is 0 Å². The highest BCUT2D eigenvalue weighted by Crippen LogP contribution is 2.26. The van der Waals surface area contributed by atoms with Gasteiger partial charge in [-0.25, -0.2) is 4.79 Å². The van der Waals surface area contributed by atoms with Crippen molar-refractivity contribution in [2.45, 2.75) is 76.6 Å². The molecule has 0 aromatic carbocycles. The van der Waals surface area contributed by atoms with Crippen molar-refractivity contribution in [3.63, 3.8) is 0 Å². The van der Waals surface area contributed by atoms with Crippen LogP contribution in [0.3, 0.4) is 0 Å². The first-order chi connectivity index (χ1) is 11.5. The predicted molar refractivity (Wildman–Crippen MR) is 91.0 cm³/mol. The second-order valence-corrected chi connectivity index (χ2v) is 6.78. The molecule has 0 aromatic heterocycles. The molecule has 2 aliphatic rings. The first-order valence-electron chi connectivity index (χ1n) is 9.17. The molecule has 3 N–H and O–H groups in total. The average molecular weight is 341 g/mol. The summed E-state index contributed by atoms with van der Waals surface area (Å²) < 4.78 is 5.74. The van der Waals surface area contributed by atoms with Gasteiger partial charge in [0.1, 0.15) is 0 Å². The Balaban J connectivity index is 1.71. The summed E-state index contributed by atoms with van der Waals surface area (Å²) in [7, 11) is 0. The van der Waals surface area contributed by atoms with Crippen LogP contribution in [0.1, 0.15) is 52.4 Å². The van der Waals surface area contributed by atoms with E-state index in [0.717, 1.165) is 38.5 Å². The van der Waals surface area contributed by atoms with E-state index in [1.165, 1.54) is 0 Å². The van der Waals surface area contributed by atoms with E-state index < -0.39 is 5.97 Å². The number of nitrogens with one attached hydrogen (secondary N) is 2. The molecule has 0 spiro atoms. The Morgan fingerprint density at radius 1 is 1.17 bits per heavy atom. The zero-order chi connectivity index (χ0) is 17.5. The van der Waals surface area contributed by atoms with Gasteiger partial charge in [0, 0.05) is 18.7 Å². The Labute approximate surface area is 144 Å². The molecular formula is C17H31N3O4. The summed E-state index contributed by atoms with van der Waals surface area (Å²) in [4.78, 5) is 25.0. The molecule has 138 valence electrons. The zero-order valence-electron chi connectivity index (χ0n) is 14.8. The summed E-state index contributed by atoms with van der Waals surface area (Å²) >= 11 is 0. The lowest BCUT2D eigenvalue weighted by molar-refractivity contribution is -0.139. The number of urea groups is 1. The van der Waals surface area contributed by atoms with Crippen molar-refractivity contribution in [1.82, 2.24) is 15.5 Å². The second kappa shape index (κ2) is 9.22. The number of carbonyl (C=O) groups excluding carboxylic acids is 1. The van der Waals surface area contributed by atoms with Gasteiger partial charge in [-0.2, -0.15) is 0 Å². The van der Waals surface area contributed by atoms with Crippen molar-refractivity contribution in [2.24, 2.45) is 0 Å². The van der Waals surface area contributed by atoms with Crippen LogP contribution < -0.4 is 10.6 Å². The van der Waals surface area contributed by atoms with Crippen molar-refractivity contribution in [1.29, 1.82) is 0 Å². The average Bonchev–Trinajstić information content (AvgIpc) is 2.50. The Morgan fingerprint density at radius 3 is 2.50 bits per heavy atom. The largest absolute Gasteiger partial charge is 0.480 e. The Morgan fingerprint density at radius 2 is 1.88 bits per heavy atom. The van der Waals surface area contributed by atoms with Gasteiger partial charge in [-0.3, -0.25) is 9.69 Å². The van der Waals surface area contributed by atoms with E-state index in [2.05, 4.69) is 10.6 Å². The molecule has 0 heterocycles. The molecule has 0 radical (unpaired) electrons. The van der Waals surface area contributed by atoms with Crippen molar-refractivity contribution >= 4 is 12.0 Å². The lowest BCUT2D eigenvalue weighted by Crippen LogP contribution is -2.58. The van der Waals surface area contributed by atoms with E-state index in [9.17, 15) is 9.59 Å². The third-order valence-corrected chi connectivity index (χ3v) is 5.11. The minimum absolute atomic E-state index is 0.0677. The molecule has 2 atom stereocenters. The standard InChI is InChI=1S/C17H31N3O4/c1-3-20(11-16(21)22)13-9-12(10-13)18-17(23)19-14-7-5-6-8-15(14)24-4-2/h12-15H,3-11H2,1-2H3,(H,21,22)(H2,18,19,23)/t12?,13?,14-,15-/m1/s1. The minimum Gasteiger partial charge on any atom is -0.480 e. The Kier molecular flexibility index (Phi) is 7.30. The second-order valence-electron chi connectivity index (χ2n) is 6.78. The van der Waals surface area contributed by atoms with Gasteiger partial charge in [-0.05, 0) is 39.2 Å². The van der Waals surface area contributed by atoms with Crippen LogP contribution in [0.4, 0.5) is 4.79 Å². The van der Waals surface area contributed by atoms with Gasteiger partial charge in [0.25, 0.3) is 0 Å². The number of carboxylic acid groups (broad SMARTS) is 1. The summed E-state index contributed by atoms with van der Waals surface area (Å²) in [6.45, 7) is 5.40. The summed E-state index contributed by atoms with van der Waals surface area (Å²) in [6.07, 6.45) is 6.00. The van der Waals surface area contributed by atoms with Gasteiger partial charge < -0.3 is 20.5 Å². The molecule has 2 fully saturated rings. The maximum Gasteiger partial charge on any atom is 0.317 e. The fraction of sp³-hybridized carbons (Fsp3) is 0.882. The molecule has 0 aliphatic heterocycles. The van der Waals surface area contributed by atoms with Gasteiger partial charge in [0.05, 0.1) is 18.7 Å². The molecule has 7 heteroatoms. The summed E-state index contributed by atoms with van der Waals surface area (Å²) in [5.41, 5.74) is 0. The van der Waals surface area contributed by atoms with Gasteiger partial charge in [-0.1, -0.05) is 19.8 Å². The number of rotatable bonds is 8. The maximum atomic E-state index is 12.2. The number of carbonyl (C=O) groups is 2. The monoisotopic (exact) mass is 341 g/mol. The zero-order valence-corrected chi connectivity index (χ0v) is 14.8. The van der Waals surface area contributed by atoms with Gasteiger partial charge in [0.2, 0.25) is 0 Å². The smallest absolute Gasteiger partial charge is 0.317 e. The normalized spacial score (nSPS) is 29.8. The van der Waals surface area contributed by atoms with Crippen molar-refractivity contribution in [2.75, 3.05) is 19.7 Å². The van der Waals surface area contributed by atoms with Crippen LogP contribution in [0.15, 0.2) is 0 Å². The van der Waals surface area contributed by atoms with Crippen LogP contribution in [0.2, 0.25) is 0 Å². The molecular weight excluding hydrogens is 310 g/mol. The van der Waals surface area contributed by atoms with Crippen molar-refractivity contribution in [3.8, 4) is 0 Å². The predicted octanol–water partition coefficient (Wildman–Crippen LogP) is 1.57. The number of nitrogens with zero attached hydrogens (tertiary/aromatic N) is 1. The number of hydrogen-bond acceptors (Lipinski definition) is 4. The highest BCUT2D eigenvalue weighted by Gasteiger charge is 2.35. The fourth-order valence-electron chi connectivity index (χ4n) is 3.75. The molecule has 7 nitrogen and oxygen atoms in total. The first-order valence-corrected chi connectivity index (χ1v) is 9.17. The Hall–Kier alpha value is -1.34. The summed E-state index contributed by atoms with van der Waals surface area (Å²) in [5.74, 6) is -0.801. The van der Waals surface area contributed by atoms with Crippen molar-refractivity contribution < 1.29 is 19.4 Å². The molecule has 2 aliphatic carbocycles. The van der Waals surface area contributed by atoms with E-state index >= 15 is 0 Å². The molecule has 2 amide bonds. The van der Waals surface area contributed by atoms with Crippen LogP contribution in [0.5, 0.6) is 0 Å². The lowest BCUT2D eigenvalue weighted by Gasteiger charge is -2.42. The van der Waals surface area contributed by atoms with Gasteiger partial charge in [-0.15, -0.1) is 0 Å². The van der Waals surface area contributed by atoms with Crippen molar-refractivity contribution in [3.05, 3.63) is 0 Å². The molecule has 2 saturated carbocycles. The highest BCUT2D eigenvalue weighted by atomic mass is 16.5. The number of carboxylic acids is 1. The van der Waals surface area contributed by atoms with Crippen LogP contribution >= 0.6 is 0 Å². The van der Waals surface area contributed by atoms with E-state index in [-0.39, 0.29) is 36.8 Å². The maximum absolute atomic E-state index is 12.2. The number of likely N-dealkylation sites (N-methyl/N-ethyl adjacent to an activating group) is 1. The summed E-state index contributed by atoms with van der Waals surface area (Å²) in [5, 5.41) is 15.0. The number of aliphatic carboxylic acids is 1. The molecule has 0 saturated heterocycles. The molecule has 0 bridgehead atoms. The lowest BCUT2D eigenvalue weighted by atomic mass is 9.85. The molecule has 24 heavy (non-hydrogen) atoms. The van der Waals surface area contributed by atoms with E-state index in [1.807, 2.05) is 18.7 Å². The third-order valence-electron chi connectivity index (χ3n) is 5.11. The fourth-order valence-corrected chi connectivity index (χ4v) is 3.75. The number of amides is 2. The third kappa shape index (κ3) is 5.34. The van der Waals surface area contributed by atoms with Crippen LogP contribution in [0.25, 0.3) is 0 Å². The number of ether oxygens (including phenoxy) is 1. The van der Waals surface area contributed by atoms with E-state index in [1.54, 1.807) is 0 Å². The first kappa shape index (κ1) is 19.0. The number of hydrogen-bond donors (Lipinski definition) is 3. The quantitative estimate of drug-likeness (QED) is 0.623. The highest BCUT2D eigenvalue weighted by molar-refractivity contribution is 5.74. The molecule has 2 rings (SSSR count). The Bertz CT molecular complexity index is 424. The van der Waals surface area contributed by atoms with E-state index in [4.69, 9.17) is 9.84 Å². The van der Waals surface area contributed by atoms with E-state index in [0.29, 0.717) is 13.2 Å². The van der Waals surface area contributed by atoms with Gasteiger partial charge in [0.15, 0.2) is 0 Å². The van der Waals surface area contributed by atoms with Crippen LogP contribution in [-0.2, 0) is 9.53 Å².